The molecule has 0 fully saturated rings. The average Bonchev–Trinajstić information content (AvgIpc) is 3.30. The van der Waals surface area contributed by atoms with E-state index >= 15 is 0 Å². The SMILES string of the molecule is COCCOC[C@@]1(C)CN(C(C)C)C(=O)c2c(O)c(=O)c(-c3nnc(Cc4ccc(F)cc4)s3)cn21. The maximum Gasteiger partial charge on any atom is 0.274 e. The van der Waals surface area contributed by atoms with Crippen LogP contribution in [0.4, 0.5) is 4.39 Å². The fourth-order valence-corrected chi connectivity index (χ4v) is 5.09. The Morgan fingerprint density at radius 3 is 2.58 bits per heavy atom. The van der Waals surface area contributed by atoms with E-state index in [2.05, 4.69) is 10.2 Å². The van der Waals surface area contributed by atoms with Crippen LogP contribution in [0.2, 0.25) is 0 Å². The Hall–Kier alpha value is -3.15. The minimum Gasteiger partial charge on any atom is -0.503 e. The molecule has 2 aromatic heterocycles. The molecule has 192 valence electrons. The Kier molecular flexibility index (Phi) is 7.53. The van der Waals surface area contributed by atoms with Crippen LogP contribution in [0.5, 0.6) is 5.75 Å². The summed E-state index contributed by atoms with van der Waals surface area (Å²) in [6, 6.07) is 5.93. The van der Waals surface area contributed by atoms with Gasteiger partial charge in [0.2, 0.25) is 5.43 Å². The van der Waals surface area contributed by atoms with Crippen LogP contribution in [-0.4, -0.2) is 70.2 Å². The monoisotopic (exact) mass is 516 g/mol. The summed E-state index contributed by atoms with van der Waals surface area (Å²) in [6.45, 7) is 7.02. The number of hydrogen-bond acceptors (Lipinski definition) is 8. The number of benzene rings is 1. The van der Waals surface area contributed by atoms with Gasteiger partial charge in [0, 0.05) is 32.3 Å². The Labute approximate surface area is 212 Å². The number of halogens is 1. The van der Waals surface area contributed by atoms with E-state index in [1.54, 1.807) is 34.9 Å². The molecule has 0 aliphatic carbocycles. The van der Waals surface area contributed by atoms with E-state index in [-0.39, 0.29) is 29.7 Å². The van der Waals surface area contributed by atoms with Crippen LogP contribution in [0, 0.1) is 5.82 Å². The molecule has 0 unspecified atom stereocenters. The maximum atomic E-state index is 13.3. The van der Waals surface area contributed by atoms with E-state index in [1.807, 2.05) is 20.8 Å². The van der Waals surface area contributed by atoms with Crippen molar-refractivity contribution in [3.63, 3.8) is 0 Å². The van der Waals surface area contributed by atoms with Crippen molar-refractivity contribution >= 4 is 17.2 Å². The molecule has 4 rings (SSSR count). The van der Waals surface area contributed by atoms with Gasteiger partial charge in [0.15, 0.2) is 16.5 Å². The van der Waals surface area contributed by atoms with Crippen LogP contribution in [0.3, 0.4) is 0 Å². The molecule has 9 nitrogen and oxygen atoms in total. The molecule has 3 heterocycles. The number of carbonyl (C=O) groups excluding carboxylic acids is 1. The summed E-state index contributed by atoms with van der Waals surface area (Å²) in [6.07, 6.45) is 1.98. The summed E-state index contributed by atoms with van der Waals surface area (Å²) >= 11 is 1.21. The van der Waals surface area contributed by atoms with Crippen LogP contribution < -0.4 is 5.43 Å². The maximum absolute atomic E-state index is 13.3. The molecule has 3 aromatic rings. The van der Waals surface area contributed by atoms with E-state index in [4.69, 9.17) is 9.47 Å². The number of rotatable bonds is 9. The smallest absolute Gasteiger partial charge is 0.274 e. The molecule has 11 heteroatoms. The lowest BCUT2D eigenvalue weighted by atomic mass is 9.95. The summed E-state index contributed by atoms with van der Waals surface area (Å²) in [7, 11) is 1.58. The summed E-state index contributed by atoms with van der Waals surface area (Å²) in [4.78, 5) is 28.1. The topological polar surface area (TPSA) is 107 Å². The zero-order chi connectivity index (χ0) is 26.0. The summed E-state index contributed by atoms with van der Waals surface area (Å²) in [5.41, 5.74) is -0.523. The summed E-state index contributed by atoms with van der Waals surface area (Å²) in [5.74, 6) is -1.37. The minimum absolute atomic E-state index is 0.0717. The fourth-order valence-electron chi connectivity index (χ4n) is 4.21. The molecule has 1 N–H and O–H groups in total. The first-order chi connectivity index (χ1) is 17.1. The summed E-state index contributed by atoms with van der Waals surface area (Å²) in [5, 5.41) is 20.3. The van der Waals surface area contributed by atoms with Crippen molar-refractivity contribution in [2.24, 2.45) is 0 Å². The van der Waals surface area contributed by atoms with Crippen molar-refractivity contribution in [3.05, 3.63) is 62.8 Å². The number of aromatic hydroxyl groups is 1. The first kappa shape index (κ1) is 25.9. The molecular weight excluding hydrogens is 487 g/mol. The Morgan fingerprint density at radius 1 is 1.19 bits per heavy atom. The standard InChI is InChI=1S/C25H29FN4O5S/c1-15(2)29-13-25(3,14-35-10-9-34-4)30-12-18(21(31)22(32)20(30)24(29)33)23-28-27-19(36-23)11-16-5-7-17(26)8-6-16/h5-8,12,15,32H,9-11,13-14H2,1-4H3/t25-/m1/s1. The van der Waals surface area contributed by atoms with Crippen molar-refractivity contribution in [3.8, 4) is 16.3 Å². The van der Waals surface area contributed by atoms with Crippen LogP contribution in [0.15, 0.2) is 35.3 Å². The lowest BCUT2D eigenvalue weighted by Gasteiger charge is -2.45. The van der Waals surface area contributed by atoms with E-state index in [1.165, 1.54) is 23.5 Å². The molecule has 1 aliphatic rings. The number of pyridine rings is 1. The van der Waals surface area contributed by atoms with Crippen LogP contribution in [-0.2, 0) is 21.4 Å². The zero-order valence-corrected chi connectivity index (χ0v) is 21.5. The molecule has 0 saturated carbocycles. The van der Waals surface area contributed by atoms with Crippen molar-refractivity contribution < 1.29 is 23.8 Å². The van der Waals surface area contributed by atoms with Crippen LogP contribution >= 0.6 is 11.3 Å². The lowest BCUT2D eigenvalue weighted by molar-refractivity contribution is -0.00221. The number of hydrogen-bond donors (Lipinski definition) is 1. The van der Waals surface area contributed by atoms with Crippen molar-refractivity contribution in [1.29, 1.82) is 0 Å². The van der Waals surface area contributed by atoms with Gasteiger partial charge in [-0.25, -0.2) is 4.39 Å². The lowest BCUT2D eigenvalue weighted by Crippen LogP contribution is -2.57. The molecular formula is C25H29FN4O5S. The number of amides is 1. The fraction of sp³-hybridized carbons (Fsp3) is 0.440. The van der Waals surface area contributed by atoms with E-state index < -0.39 is 22.6 Å². The number of fused-ring (bicyclic) bond motifs is 1. The highest BCUT2D eigenvalue weighted by Gasteiger charge is 2.43. The van der Waals surface area contributed by atoms with E-state index in [9.17, 15) is 19.1 Å². The molecule has 1 aromatic carbocycles. The van der Waals surface area contributed by atoms with Crippen molar-refractivity contribution in [1.82, 2.24) is 19.7 Å². The first-order valence-corrected chi connectivity index (χ1v) is 12.4. The molecule has 36 heavy (non-hydrogen) atoms. The third-order valence-electron chi connectivity index (χ3n) is 6.17. The summed E-state index contributed by atoms with van der Waals surface area (Å²) < 4.78 is 25.7. The van der Waals surface area contributed by atoms with Gasteiger partial charge in [0.1, 0.15) is 10.8 Å². The van der Waals surface area contributed by atoms with Gasteiger partial charge in [-0.1, -0.05) is 23.5 Å². The number of carbonyl (C=O) groups is 1. The third kappa shape index (κ3) is 5.04. The van der Waals surface area contributed by atoms with E-state index in [0.717, 1.165) is 5.56 Å². The molecule has 1 atom stereocenters. The molecule has 0 saturated heterocycles. The molecule has 1 amide bonds. The second-order valence-electron chi connectivity index (χ2n) is 9.31. The number of aromatic nitrogens is 3. The highest BCUT2D eigenvalue weighted by Crippen LogP contribution is 2.34. The van der Waals surface area contributed by atoms with Crippen LogP contribution in [0.1, 0.15) is 41.8 Å². The number of nitrogens with zero attached hydrogens (tertiary/aromatic N) is 4. The Balaban J connectivity index is 1.74. The van der Waals surface area contributed by atoms with E-state index in [0.29, 0.717) is 36.2 Å². The highest BCUT2D eigenvalue weighted by molar-refractivity contribution is 7.14. The molecule has 0 spiro atoms. The van der Waals surface area contributed by atoms with Gasteiger partial charge in [-0.05, 0) is 38.5 Å². The minimum atomic E-state index is -0.761. The Bertz CT molecular complexity index is 1310. The van der Waals surface area contributed by atoms with Crippen LogP contribution in [0.25, 0.3) is 10.6 Å². The molecule has 1 aliphatic heterocycles. The molecule has 0 bridgehead atoms. The van der Waals surface area contributed by atoms with Gasteiger partial charge in [0.25, 0.3) is 5.91 Å². The van der Waals surface area contributed by atoms with Crippen molar-refractivity contribution in [2.45, 2.75) is 38.8 Å². The van der Waals surface area contributed by atoms with Gasteiger partial charge < -0.3 is 24.0 Å². The second kappa shape index (κ2) is 10.5. The average molecular weight is 517 g/mol. The van der Waals surface area contributed by atoms with Gasteiger partial charge in [0.05, 0.1) is 30.9 Å². The van der Waals surface area contributed by atoms with Gasteiger partial charge in [-0.3, -0.25) is 9.59 Å². The number of methoxy groups -OCH3 is 1. The van der Waals surface area contributed by atoms with Gasteiger partial charge >= 0.3 is 0 Å². The Morgan fingerprint density at radius 2 is 1.92 bits per heavy atom. The van der Waals surface area contributed by atoms with Gasteiger partial charge in [-0.15, -0.1) is 10.2 Å². The predicted octanol–water partition coefficient (Wildman–Crippen LogP) is 3.04. The quantitative estimate of drug-likeness (QED) is 0.436. The first-order valence-electron chi connectivity index (χ1n) is 11.6. The third-order valence-corrected chi connectivity index (χ3v) is 7.13. The number of ether oxygens (including phenoxy) is 2. The zero-order valence-electron chi connectivity index (χ0n) is 20.7. The van der Waals surface area contributed by atoms with Crippen molar-refractivity contribution in [2.75, 3.05) is 33.5 Å². The largest absolute Gasteiger partial charge is 0.503 e. The normalized spacial score (nSPS) is 17.6. The highest BCUT2D eigenvalue weighted by atomic mass is 32.1. The molecule has 0 radical (unpaired) electrons. The predicted molar refractivity (Wildman–Crippen MR) is 133 cm³/mol. The van der Waals surface area contributed by atoms with Gasteiger partial charge in [-0.2, -0.15) is 0 Å². The second-order valence-corrected chi connectivity index (χ2v) is 10.4.